The van der Waals surface area contributed by atoms with E-state index in [1.54, 1.807) is 49.2 Å². The fourth-order valence-electron chi connectivity index (χ4n) is 16.5. The van der Waals surface area contributed by atoms with Gasteiger partial charge >= 0.3 is 6.09 Å². The number of nitrogen functional groups attached to an aromatic ring is 1. The van der Waals surface area contributed by atoms with Crippen LogP contribution in [0.3, 0.4) is 0 Å². The lowest BCUT2D eigenvalue weighted by atomic mass is 9.83. The normalized spacial score (nSPS) is 19.4. The van der Waals surface area contributed by atoms with Gasteiger partial charge in [-0.2, -0.15) is 5.10 Å². The van der Waals surface area contributed by atoms with Crippen molar-refractivity contribution in [2.24, 2.45) is 23.7 Å². The van der Waals surface area contributed by atoms with Crippen molar-refractivity contribution in [3.05, 3.63) is 114 Å². The molecule has 4 amide bonds. The molecule has 2 unspecified atom stereocenters. The van der Waals surface area contributed by atoms with Gasteiger partial charge in [-0.25, -0.2) is 44.4 Å². The summed E-state index contributed by atoms with van der Waals surface area (Å²) < 4.78 is 47.8. The number of nitrogens with two attached hydrogens (primary N) is 1. The number of nitrogens with one attached hydrogen (secondary N) is 3. The molecule has 34 nitrogen and oxygen atoms in total. The van der Waals surface area contributed by atoms with Crippen LogP contribution >= 0.6 is 0 Å². The number of aliphatic hydroxyl groups is 1. The van der Waals surface area contributed by atoms with Crippen molar-refractivity contribution in [2.45, 2.75) is 213 Å². The molecule has 5 aliphatic rings. The number of carbonyl (C=O) groups is 8. The van der Waals surface area contributed by atoms with Crippen molar-refractivity contribution in [3.8, 4) is 11.3 Å². The minimum atomic E-state index is -1.05. The zero-order valence-electron chi connectivity index (χ0n) is 73.4. The Kier molecular flexibility index (Phi) is 37.8. The Balaban J connectivity index is 0.480. The molecule has 125 heavy (non-hydrogen) atoms. The largest absolute Gasteiger partial charge is 0.464 e. The summed E-state index contributed by atoms with van der Waals surface area (Å²) in [6.07, 6.45) is 30.8. The number of nitrogens with zero attached hydrogens (tertiary/aromatic N) is 13. The Labute approximate surface area is 731 Å². The second kappa shape index (κ2) is 49.5. The predicted octanol–water partition coefficient (Wildman–Crippen LogP) is 9.52. The average Bonchev–Trinajstić information content (AvgIpc) is 1.62. The van der Waals surface area contributed by atoms with Gasteiger partial charge in [0.2, 0.25) is 23.6 Å². The van der Waals surface area contributed by atoms with E-state index in [0.29, 0.717) is 221 Å². The summed E-state index contributed by atoms with van der Waals surface area (Å²) >= 11 is 0. The number of hydrogen-bond donors (Lipinski definition) is 5. The number of aryl methyl sites for hydroxylation is 1. The maximum absolute atomic E-state index is 13.6. The third-order valence-corrected chi connectivity index (χ3v) is 24.0. The number of H-pyrrole nitrogens is 1. The standard InChI is InChI=1S/C91H127N17O17/c1-61(16-9-7-10-17-62(2)79(118-6)52-73-18-15-19-78(124-73)83(114)88(116)104-32-12-8-13-33-104)48-63(3)76(111)53-77(112)65(5)49-64(4)75(110)51-72(123-60-109)25-22-66-20-23-71(24-21-66)125-91(117)107-35-27-74-70(58-107)57-99-90(102-74)106-38-36-105(37-39-106)89-97-55-69(56-98-89)87(115)95-31-41-120-43-45-122-47-46-121-44-42-119-40-28-80(113)93-29-11-14-34-108-86-81(84(92)100-59-101-86)82(103-108)68-50-67-26-30-94-85(67)96-54-68/h7,9-10,16-17,26,30,49-50,54-57,59-61,63-64,66,71-73,77-79,112H,8,11-15,18-25,27-29,31-48,51-53,58H2,1-6H3,(H,93,113)(H,94,96)(H,95,115)(H2,92,100,101)/b10-7+,16-9+,62-17+,65-49+/t61-,63-,64-,66?,71?,72-,73?,77+,78?,79+/m1/s1. The van der Waals surface area contributed by atoms with Gasteiger partial charge in [0, 0.05) is 164 Å². The highest BCUT2D eigenvalue weighted by Crippen LogP contribution is 2.35. The van der Waals surface area contributed by atoms with E-state index in [-0.39, 0.29) is 85.5 Å². The fourth-order valence-corrected chi connectivity index (χ4v) is 16.5. The Hall–Kier alpha value is -10.4. The van der Waals surface area contributed by atoms with E-state index in [0.717, 1.165) is 97.6 Å². The van der Waals surface area contributed by atoms with Crippen LogP contribution in [0.4, 0.5) is 22.5 Å². The Bertz CT molecular complexity index is 4630. The first-order valence-electron chi connectivity index (χ1n) is 44.6. The van der Waals surface area contributed by atoms with Gasteiger partial charge in [0.1, 0.15) is 53.4 Å². The van der Waals surface area contributed by atoms with Crippen LogP contribution in [-0.2, 0) is 86.2 Å². The predicted molar refractivity (Wildman–Crippen MR) is 469 cm³/mol. The summed E-state index contributed by atoms with van der Waals surface area (Å²) in [7, 11) is 1.66. The molecule has 6 N–H and O–H groups in total. The lowest BCUT2D eigenvalue weighted by Crippen LogP contribution is -2.48. The molecule has 34 heteroatoms. The van der Waals surface area contributed by atoms with Gasteiger partial charge in [0.15, 0.2) is 5.65 Å². The molecule has 0 bridgehead atoms. The number of ketones is 3. The number of likely N-dealkylation sites (tertiary alicyclic amines) is 1. The number of aromatic nitrogens is 10. The maximum Gasteiger partial charge on any atom is 0.410 e. The first-order valence-corrected chi connectivity index (χ1v) is 44.6. The third kappa shape index (κ3) is 29.1. The minimum Gasteiger partial charge on any atom is -0.464 e. The number of allylic oxidation sites excluding steroid dienone is 6. The summed E-state index contributed by atoms with van der Waals surface area (Å²) in [5, 5.41) is 23.4. The monoisotopic (exact) mass is 1730 g/mol. The van der Waals surface area contributed by atoms with Crippen LogP contribution < -0.4 is 26.2 Å². The number of amides is 4. The van der Waals surface area contributed by atoms with Crippen LogP contribution in [0.25, 0.3) is 33.3 Å². The van der Waals surface area contributed by atoms with E-state index in [1.807, 2.05) is 74.2 Å². The number of fused-ring (bicyclic) bond motifs is 3. The lowest BCUT2D eigenvalue weighted by Gasteiger charge is -2.35. The molecular weight excluding hydrogens is 1600 g/mol. The molecule has 0 spiro atoms. The number of Topliss-reactive ketones (excluding diaryl/α,β-unsaturated/α-hetero) is 3. The van der Waals surface area contributed by atoms with Crippen LogP contribution in [-0.4, -0.2) is 268 Å². The number of anilines is 3. The molecule has 11 rings (SSSR count). The second-order valence-electron chi connectivity index (χ2n) is 33.4. The highest BCUT2D eigenvalue weighted by molar-refractivity contribution is 6.37. The van der Waals surface area contributed by atoms with Crippen LogP contribution in [0.1, 0.15) is 178 Å². The molecule has 6 aromatic heterocycles. The number of aliphatic hydroxyl groups excluding tert-OH is 1. The molecule has 4 aliphatic heterocycles. The van der Waals surface area contributed by atoms with Crippen LogP contribution in [0, 0.1) is 23.7 Å². The van der Waals surface area contributed by atoms with E-state index in [2.05, 4.69) is 50.3 Å². The van der Waals surface area contributed by atoms with Gasteiger partial charge in [-0.05, 0) is 145 Å². The Morgan fingerprint density at radius 1 is 0.728 bits per heavy atom. The summed E-state index contributed by atoms with van der Waals surface area (Å²) in [6, 6.07) is 3.96. The SMILES string of the molecule is CO[C@@H](CC1CCCC(C(=O)C(=O)N2CCCCC2)O1)/C(C)=C/C=C/C=C/[C@@H](C)C[C@@H](C)C(=O)C[C@H](O)/C(C)=C/[C@@H](C)C(=O)C[C@@H](CCC1CCC(OC(=O)N2CCc3nc(N4CCN(c5ncc(C(=O)NCCOCCOCCOCCOCCC(=O)NCCCCn6nc(-c7cnc8[nH]ccc8c7)c7c(N)ncnc76)cn5)CC4)ncc3C2)CC1)OC=O. The topological polar surface area (TPSA) is 418 Å². The van der Waals surface area contributed by atoms with Crippen LogP contribution in [0.5, 0.6) is 0 Å². The van der Waals surface area contributed by atoms with E-state index < -0.39 is 35.9 Å². The van der Waals surface area contributed by atoms with Crippen molar-refractivity contribution in [1.82, 2.24) is 70.1 Å². The number of piperidine rings is 1. The first-order chi connectivity index (χ1) is 60.7. The summed E-state index contributed by atoms with van der Waals surface area (Å²) in [5.41, 5.74) is 12.8. The molecule has 6 aromatic rings. The number of unbranched alkanes of at least 4 members (excludes halogenated alkanes) is 1. The van der Waals surface area contributed by atoms with Crippen molar-refractivity contribution in [2.75, 3.05) is 134 Å². The van der Waals surface area contributed by atoms with Gasteiger partial charge < -0.3 is 84.0 Å². The average molecular weight is 1730 g/mol. The van der Waals surface area contributed by atoms with E-state index in [1.165, 1.54) is 18.7 Å². The zero-order chi connectivity index (χ0) is 88.4. The highest BCUT2D eigenvalue weighted by Gasteiger charge is 2.37. The molecule has 678 valence electrons. The quantitative estimate of drug-likeness (QED) is 0.00779. The summed E-state index contributed by atoms with van der Waals surface area (Å²) in [4.78, 5) is 146. The van der Waals surface area contributed by atoms with Gasteiger partial charge in [0.25, 0.3) is 18.3 Å². The van der Waals surface area contributed by atoms with Crippen LogP contribution in [0.15, 0.2) is 97.0 Å². The van der Waals surface area contributed by atoms with Gasteiger partial charge in [-0.3, -0.25) is 33.6 Å². The van der Waals surface area contributed by atoms with Crippen molar-refractivity contribution < 1.29 is 81.4 Å². The molecule has 1 aliphatic carbocycles. The fraction of sp³-hybridized carbons (Fsp3) is 0.604. The zero-order valence-corrected chi connectivity index (χ0v) is 73.4. The minimum absolute atomic E-state index is 0.0199. The van der Waals surface area contributed by atoms with Crippen molar-refractivity contribution >= 4 is 87.4 Å². The molecule has 1 saturated carbocycles. The maximum atomic E-state index is 13.6. The third-order valence-electron chi connectivity index (χ3n) is 24.0. The van der Waals surface area contributed by atoms with Gasteiger partial charge in [0.05, 0.1) is 94.4 Å². The van der Waals surface area contributed by atoms with Crippen LogP contribution in [0.2, 0.25) is 0 Å². The summed E-state index contributed by atoms with van der Waals surface area (Å²) in [6.45, 7) is 18.5. The molecule has 3 saturated heterocycles. The number of rotatable bonds is 49. The molecular formula is C91H127N17O17. The van der Waals surface area contributed by atoms with Crippen molar-refractivity contribution in [1.29, 1.82) is 0 Å². The number of piperazine rings is 1. The number of carbonyl (C=O) groups excluding carboxylic acids is 8. The van der Waals surface area contributed by atoms with E-state index in [9.17, 15) is 43.5 Å². The van der Waals surface area contributed by atoms with Gasteiger partial charge in [-0.15, -0.1) is 0 Å². The molecule has 0 radical (unpaired) electrons. The Morgan fingerprint density at radius 3 is 2.18 bits per heavy atom. The molecule has 0 aromatic carbocycles. The lowest BCUT2D eigenvalue weighted by molar-refractivity contribution is -0.157. The second-order valence-corrected chi connectivity index (χ2v) is 33.4. The smallest absolute Gasteiger partial charge is 0.410 e. The number of pyridine rings is 1. The first kappa shape index (κ1) is 95.3. The van der Waals surface area contributed by atoms with Gasteiger partial charge in [-0.1, -0.05) is 57.2 Å². The van der Waals surface area contributed by atoms with E-state index in [4.69, 9.17) is 58.7 Å². The highest BCUT2D eigenvalue weighted by atomic mass is 16.6. The number of hydrogen-bond acceptors (Lipinski definition) is 28. The Morgan fingerprint density at radius 2 is 1.45 bits per heavy atom. The molecule has 10 heterocycles. The summed E-state index contributed by atoms with van der Waals surface area (Å²) in [5.74, 6) is -0.479. The number of aromatic amines is 1. The van der Waals surface area contributed by atoms with Crippen molar-refractivity contribution in [3.63, 3.8) is 0 Å². The molecule has 4 fully saturated rings. The number of methoxy groups -OCH3 is 1. The number of ether oxygens (including phenoxy) is 8. The molecule has 8 atom stereocenters. The van der Waals surface area contributed by atoms with E-state index >= 15 is 0 Å².